The Hall–Kier alpha value is -3.45. The van der Waals surface area contributed by atoms with Gasteiger partial charge in [0.15, 0.2) is 0 Å². The van der Waals surface area contributed by atoms with E-state index in [1.807, 2.05) is 13.8 Å². The largest absolute Gasteiger partial charge is 0.431 e. The Morgan fingerprint density at radius 3 is 2.46 bits per heavy atom. The van der Waals surface area contributed by atoms with Gasteiger partial charge in [-0.3, -0.25) is 9.69 Å². The molecule has 0 aromatic heterocycles. The van der Waals surface area contributed by atoms with Crippen molar-refractivity contribution >= 4 is 23.0 Å². The number of alkyl halides is 3. The average Bonchev–Trinajstić information content (AvgIpc) is 3.36. The first-order chi connectivity index (χ1) is 16.5. The van der Waals surface area contributed by atoms with Gasteiger partial charge in [-0.2, -0.15) is 23.5 Å². The Labute approximate surface area is 200 Å². The van der Waals surface area contributed by atoms with E-state index in [2.05, 4.69) is 10.4 Å². The van der Waals surface area contributed by atoms with Crippen molar-refractivity contribution in [1.29, 1.82) is 5.26 Å². The summed E-state index contributed by atoms with van der Waals surface area (Å²) in [4.78, 5) is 15.8. The third-order valence-corrected chi connectivity index (χ3v) is 6.78. The number of benzene rings is 2. The standard InChI is InChI=1S/C25H25F4N5O/c1-15-6-8-19(9-7-15)31-23(35)24(33-12-4-5-16(33)2)17(3)22(25(27,28)29)32-34(24)20-10-11-21(26)18(13-20)14-30/h6-11,13,16-17H,4-5,12H2,1-3H3,(H,31,35)/t16?,17-,24+/m0/s1. The summed E-state index contributed by atoms with van der Waals surface area (Å²) in [6.07, 6.45) is -3.42. The van der Waals surface area contributed by atoms with Gasteiger partial charge in [0.1, 0.15) is 17.6 Å². The summed E-state index contributed by atoms with van der Waals surface area (Å²) in [7, 11) is 0. The van der Waals surface area contributed by atoms with Crippen molar-refractivity contribution in [3.63, 3.8) is 0 Å². The molecule has 4 rings (SSSR count). The predicted molar refractivity (Wildman–Crippen MR) is 124 cm³/mol. The number of hydrogen-bond donors (Lipinski definition) is 1. The molecule has 0 spiro atoms. The molecule has 184 valence electrons. The van der Waals surface area contributed by atoms with Crippen LogP contribution in [0.25, 0.3) is 0 Å². The van der Waals surface area contributed by atoms with Crippen molar-refractivity contribution in [2.45, 2.75) is 51.5 Å². The van der Waals surface area contributed by atoms with E-state index in [4.69, 9.17) is 0 Å². The highest BCUT2D eigenvalue weighted by Crippen LogP contribution is 2.47. The topological polar surface area (TPSA) is 71.7 Å². The highest BCUT2D eigenvalue weighted by atomic mass is 19.4. The molecule has 0 radical (unpaired) electrons. The Morgan fingerprint density at radius 1 is 1.20 bits per heavy atom. The molecule has 1 N–H and O–H groups in total. The second-order valence-electron chi connectivity index (χ2n) is 9.02. The molecule has 2 heterocycles. The number of rotatable bonds is 4. The molecule has 2 aromatic carbocycles. The number of carbonyl (C=O) groups excluding carboxylic acids is 1. The SMILES string of the molecule is Cc1ccc(NC(=O)[C@@]2(N3CCCC3C)[C@@H](C)C(C(F)(F)F)=NN2c2ccc(F)c(C#N)c2)cc1. The number of nitriles is 1. The summed E-state index contributed by atoms with van der Waals surface area (Å²) in [5.41, 5.74) is -1.95. The molecule has 0 bridgehead atoms. The quantitative estimate of drug-likeness (QED) is 0.602. The molecule has 3 atom stereocenters. The summed E-state index contributed by atoms with van der Waals surface area (Å²) >= 11 is 0. The number of aryl methyl sites for hydroxylation is 1. The summed E-state index contributed by atoms with van der Waals surface area (Å²) in [5.74, 6) is -2.88. The van der Waals surface area contributed by atoms with Crippen LogP contribution >= 0.6 is 0 Å². The van der Waals surface area contributed by atoms with Crippen molar-refractivity contribution in [3.8, 4) is 6.07 Å². The van der Waals surface area contributed by atoms with Gasteiger partial charge >= 0.3 is 6.18 Å². The van der Waals surface area contributed by atoms with E-state index < -0.39 is 35.2 Å². The first-order valence-electron chi connectivity index (χ1n) is 11.3. The van der Waals surface area contributed by atoms with E-state index >= 15 is 0 Å². The van der Waals surface area contributed by atoms with Gasteiger partial charge in [-0.05, 0) is 57.0 Å². The fourth-order valence-electron chi connectivity index (χ4n) is 5.03. The summed E-state index contributed by atoms with van der Waals surface area (Å²) < 4.78 is 56.5. The highest BCUT2D eigenvalue weighted by Gasteiger charge is 2.64. The smallest absolute Gasteiger partial charge is 0.323 e. The first-order valence-corrected chi connectivity index (χ1v) is 11.3. The Kier molecular flexibility index (Phi) is 6.32. The molecule has 1 saturated heterocycles. The van der Waals surface area contributed by atoms with Gasteiger partial charge in [-0.25, -0.2) is 9.40 Å². The molecule has 1 unspecified atom stereocenters. The zero-order valence-electron chi connectivity index (χ0n) is 19.5. The number of halogens is 4. The van der Waals surface area contributed by atoms with Gasteiger partial charge in [-0.15, -0.1) is 0 Å². The highest BCUT2D eigenvalue weighted by molar-refractivity contribution is 6.09. The van der Waals surface area contributed by atoms with E-state index in [9.17, 15) is 27.6 Å². The molecule has 10 heteroatoms. The third-order valence-electron chi connectivity index (χ3n) is 6.78. The Bertz CT molecular complexity index is 1200. The fraction of sp³-hybridized carbons (Fsp3) is 0.400. The van der Waals surface area contributed by atoms with Crippen molar-refractivity contribution < 1.29 is 22.4 Å². The minimum Gasteiger partial charge on any atom is -0.323 e. The summed E-state index contributed by atoms with van der Waals surface area (Å²) in [5, 5.41) is 17.0. The predicted octanol–water partition coefficient (Wildman–Crippen LogP) is 5.20. The van der Waals surface area contributed by atoms with Crippen molar-refractivity contribution in [2.75, 3.05) is 16.9 Å². The van der Waals surface area contributed by atoms with E-state index in [1.54, 1.807) is 35.2 Å². The molecule has 0 aliphatic carbocycles. The number of nitrogens with zero attached hydrogens (tertiary/aromatic N) is 4. The molecule has 1 amide bonds. The minimum atomic E-state index is -4.80. The van der Waals surface area contributed by atoms with Crippen LogP contribution < -0.4 is 10.3 Å². The lowest BCUT2D eigenvalue weighted by atomic mass is 9.86. The van der Waals surface area contributed by atoms with Gasteiger partial charge in [0, 0.05) is 18.3 Å². The van der Waals surface area contributed by atoms with Crippen LogP contribution in [0.3, 0.4) is 0 Å². The van der Waals surface area contributed by atoms with Crippen molar-refractivity contribution in [3.05, 3.63) is 59.4 Å². The Balaban J connectivity index is 1.93. The second kappa shape index (κ2) is 8.96. The minimum absolute atomic E-state index is 0.0206. The van der Waals surface area contributed by atoms with E-state index in [1.165, 1.54) is 13.0 Å². The zero-order valence-corrected chi connectivity index (χ0v) is 19.5. The van der Waals surface area contributed by atoms with Crippen LogP contribution in [0.2, 0.25) is 0 Å². The number of hydrogen-bond acceptors (Lipinski definition) is 5. The summed E-state index contributed by atoms with van der Waals surface area (Å²) in [6, 6.07) is 11.8. The van der Waals surface area contributed by atoms with E-state index in [0.717, 1.165) is 22.7 Å². The van der Waals surface area contributed by atoms with Crippen LogP contribution in [0.5, 0.6) is 0 Å². The Morgan fingerprint density at radius 2 is 1.89 bits per heavy atom. The lowest BCUT2D eigenvalue weighted by Crippen LogP contribution is -2.69. The molecule has 35 heavy (non-hydrogen) atoms. The molecular weight excluding hydrogens is 462 g/mol. The molecule has 0 saturated carbocycles. The number of carbonyl (C=O) groups is 1. The lowest BCUT2D eigenvalue weighted by Gasteiger charge is -2.47. The van der Waals surface area contributed by atoms with Gasteiger partial charge in [0.25, 0.3) is 5.91 Å². The molecule has 1 fully saturated rings. The molecular formula is C25H25F4N5O. The average molecular weight is 488 g/mol. The number of amides is 1. The van der Waals surface area contributed by atoms with Crippen LogP contribution in [-0.2, 0) is 4.79 Å². The van der Waals surface area contributed by atoms with Crippen LogP contribution in [0.15, 0.2) is 47.6 Å². The summed E-state index contributed by atoms with van der Waals surface area (Å²) in [6.45, 7) is 5.44. The monoisotopic (exact) mass is 487 g/mol. The van der Waals surface area contributed by atoms with Crippen LogP contribution in [0, 0.1) is 30.0 Å². The zero-order chi connectivity index (χ0) is 25.5. The van der Waals surface area contributed by atoms with Crippen LogP contribution in [0.4, 0.5) is 28.9 Å². The van der Waals surface area contributed by atoms with Crippen molar-refractivity contribution in [1.82, 2.24) is 4.90 Å². The number of likely N-dealkylation sites (tertiary alicyclic amines) is 1. The first kappa shape index (κ1) is 24.7. The lowest BCUT2D eigenvalue weighted by molar-refractivity contribution is -0.130. The third kappa shape index (κ3) is 4.14. The number of hydrazone groups is 1. The van der Waals surface area contributed by atoms with Gasteiger partial charge < -0.3 is 5.32 Å². The number of anilines is 2. The van der Waals surface area contributed by atoms with Crippen LogP contribution in [0.1, 0.15) is 37.8 Å². The van der Waals surface area contributed by atoms with Crippen LogP contribution in [-0.4, -0.2) is 40.9 Å². The van der Waals surface area contributed by atoms with E-state index in [-0.39, 0.29) is 17.3 Å². The normalized spacial score (nSPS) is 24.9. The molecule has 2 aliphatic heterocycles. The van der Waals surface area contributed by atoms with Gasteiger partial charge in [0.05, 0.1) is 17.2 Å². The fourth-order valence-corrected chi connectivity index (χ4v) is 5.03. The maximum absolute atomic E-state index is 14.2. The molecule has 6 nitrogen and oxygen atoms in total. The van der Waals surface area contributed by atoms with E-state index in [0.29, 0.717) is 25.1 Å². The maximum atomic E-state index is 14.2. The van der Waals surface area contributed by atoms with Gasteiger partial charge in [-0.1, -0.05) is 24.6 Å². The van der Waals surface area contributed by atoms with Crippen molar-refractivity contribution in [2.24, 2.45) is 11.0 Å². The van der Waals surface area contributed by atoms with Gasteiger partial charge in [0.2, 0.25) is 5.66 Å². The molecule has 2 aromatic rings. The maximum Gasteiger partial charge on any atom is 0.431 e. The second-order valence-corrected chi connectivity index (χ2v) is 9.02. The number of nitrogens with one attached hydrogen (secondary N) is 1. The molecule has 2 aliphatic rings.